The van der Waals surface area contributed by atoms with E-state index in [0.29, 0.717) is 11.9 Å². The fourth-order valence-corrected chi connectivity index (χ4v) is 2.49. The third-order valence-electron chi connectivity index (χ3n) is 3.65. The SMILES string of the molecule is CC(N)CCNc1ncc(C2CCCN(C)C2)cn1. The zero-order chi connectivity index (χ0) is 13.7. The summed E-state index contributed by atoms with van der Waals surface area (Å²) in [5.74, 6) is 1.28. The summed E-state index contributed by atoms with van der Waals surface area (Å²) in [5, 5.41) is 3.20. The molecule has 0 bridgehead atoms. The van der Waals surface area contributed by atoms with Crippen molar-refractivity contribution in [3.05, 3.63) is 18.0 Å². The molecule has 106 valence electrons. The highest BCUT2D eigenvalue weighted by Crippen LogP contribution is 2.25. The molecule has 0 saturated carbocycles. The lowest BCUT2D eigenvalue weighted by molar-refractivity contribution is 0.250. The minimum absolute atomic E-state index is 0.213. The second kappa shape index (κ2) is 6.82. The van der Waals surface area contributed by atoms with Crippen LogP contribution in [0, 0.1) is 0 Å². The zero-order valence-electron chi connectivity index (χ0n) is 12.0. The summed E-state index contributed by atoms with van der Waals surface area (Å²) in [5.41, 5.74) is 6.96. The van der Waals surface area contributed by atoms with Crippen LogP contribution in [0.15, 0.2) is 12.4 Å². The summed E-state index contributed by atoms with van der Waals surface area (Å²) in [7, 11) is 2.18. The largest absolute Gasteiger partial charge is 0.354 e. The van der Waals surface area contributed by atoms with Crippen LogP contribution in [0.25, 0.3) is 0 Å². The highest BCUT2D eigenvalue weighted by molar-refractivity contribution is 5.26. The first-order valence-electron chi connectivity index (χ1n) is 7.15. The predicted molar refractivity (Wildman–Crippen MR) is 78.3 cm³/mol. The Morgan fingerprint density at radius 3 is 2.84 bits per heavy atom. The lowest BCUT2D eigenvalue weighted by Gasteiger charge is -2.29. The van der Waals surface area contributed by atoms with Gasteiger partial charge in [-0.25, -0.2) is 9.97 Å². The molecule has 1 aliphatic rings. The summed E-state index contributed by atoms with van der Waals surface area (Å²) < 4.78 is 0. The third kappa shape index (κ3) is 4.44. The number of anilines is 1. The molecule has 0 spiro atoms. The number of hydrogen-bond donors (Lipinski definition) is 2. The first-order chi connectivity index (χ1) is 9.15. The van der Waals surface area contributed by atoms with Gasteiger partial charge in [-0.05, 0) is 51.3 Å². The number of nitrogens with two attached hydrogens (primary N) is 1. The van der Waals surface area contributed by atoms with Gasteiger partial charge in [0.2, 0.25) is 5.95 Å². The third-order valence-corrected chi connectivity index (χ3v) is 3.65. The van der Waals surface area contributed by atoms with Crippen LogP contribution < -0.4 is 11.1 Å². The highest BCUT2D eigenvalue weighted by atomic mass is 15.1. The normalized spacial score (nSPS) is 22.2. The minimum Gasteiger partial charge on any atom is -0.354 e. The molecule has 2 rings (SSSR count). The Balaban J connectivity index is 1.87. The van der Waals surface area contributed by atoms with Crippen molar-refractivity contribution in [2.45, 2.75) is 38.1 Å². The van der Waals surface area contributed by atoms with Crippen LogP contribution in [-0.4, -0.2) is 47.6 Å². The number of nitrogens with one attached hydrogen (secondary N) is 1. The van der Waals surface area contributed by atoms with E-state index in [9.17, 15) is 0 Å². The first kappa shape index (κ1) is 14.2. The van der Waals surface area contributed by atoms with Crippen LogP contribution in [-0.2, 0) is 0 Å². The van der Waals surface area contributed by atoms with Crippen LogP contribution in [0.1, 0.15) is 37.7 Å². The Morgan fingerprint density at radius 1 is 1.47 bits per heavy atom. The summed E-state index contributed by atoms with van der Waals surface area (Å²) in [4.78, 5) is 11.2. The second-order valence-electron chi connectivity index (χ2n) is 5.63. The van der Waals surface area contributed by atoms with Crippen LogP contribution >= 0.6 is 0 Å². The van der Waals surface area contributed by atoms with Crippen LogP contribution in [0.3, 0.4) is 0 Å². The number of hydrogen-bond acceptors (Lipinski definition) is 5. The molecule has 3 N–H and O–H groups in total. The molecular weight excluding hydrogens is 238 g/mol. The maximum Gasteiger partial charge on any atom is 0.222 e. The van der Waals surface area contributed by atoms with E-state index in [-0.39, 0.29) is 6.04 Å². The first-order valence-corrected chi connectivity index (χ1v) is 7.15. The van der Waals surface area contributed by atoms with Gasteiger partial charge < -0.3 is 16.0 Å². The van der Waals surface area contributed by atoms with Crippen LogP contribution in [0.4, 0.5) is 5.95 Å². The van der Waals surface area contributed by atoms with E-state index < -0.39 is 0 Å². The van der Waals surface area contributed by atoms with Gasteiger partial charge in [-0.1, -0.05) is 0 Å². The average Bonchev–Trinajstić information content (AvgIpc) is 2.39. The maximum absolute atomic E-state index is 5.71. The van der Waals surface area contributed by atoms with Crippen molar-refractivity contribution in [3.8, 4) is 0 Å². The van der Waals surface area contributed by atoms with Gasteiger partial charge in [-0.2, -0.15) is 0 Å². The summed E-state index contributed by atoms with van der Waals surface area (Å²) in [6.45, 7) is 5.14. The van der Waals surface area contributed by atoms with E-state index in [1.54, 1.807) is 0 Å². The molecule has 0 amide bonds. The standard InChI is InChI=1S/C14H25N5/c1-11(15)5-6-16-14-17-8-13(9-18-14)12-4-3-7-19(2)10-12/h8-9,11-12H,3-7,10,15H2,1-2H3,(H,16,17,18). The number of rotatable bonds is 5. The van der Waals surface area contributed by atoms with Gasteiger partial charge in [0.25, 0.3) is 0 Å². The fourth-order valence-electron chi connectivity index (χ4n) is 2.49. The molecule has 0 radical (unpaired) electrons. The van der Waals surface area contributed by atoms with Gasteiger partial charge in [-0.15, -0.1) is 0 Å². The molecule has 1 aliphatic heterocycles. The van der Waals surface area contributed by atoms with Gasteiger partial charge in [0.15, 0.2) is 0 Å². The lowest BCUT2D eigenvalue weighted by atomic mass is 9.93. The summed E-state index contributed by atoms with van der Waals surface area (Å²) in [6.07, 6.45) is 7.36. The van der Waals surface area contributed by atoms with E-state index in [2.05, 4.69) is 27.2 Å². The Kier molecular flexibility index (Phi) is 5.10. The molecule has 1 saturated heterocycles. The molecule has 1 fully saturated rings. The maximum atomic E-state index is 5.71. The Morgan fingerprint density at radius 2 is 2.21 bits per heavy atom. The van der Waals surface area contributed by atoms with E-state index in [4.69, 9.17) is 5.73 Å². The van der Waals surface area contributed by atoms with Crippen LogP contribution in [0.5, 0.6) is 0 Å². The molecule has 0 aromatic carbocycles. The van der Waals surface area contributed by atoms with Gasteiger partial charge >= 0.3 is 0 Å². The molecule has 5 heteroatoms. The van der Waals surface area contributed by atoms with Crippen LogP contribution in [0.2, 0.25) is 0 Å². The smallest absolute Gasteiger partial charge is 0.222 e. The van der Waals surface area contributed by atoms with Crippen molar-refractivity contribution < 1.29 is 0 Å². The number of piperidine rings is 1. The van der Waals surface area contributed by atoms with Crippen molar-refractivity contribution in [2.75, 3.05) is 32.0 Å². The molecule has 2 unspecified atom stereocenters. The highest BCUT2D eigenvalue weighted by Gasteiger charge is 2.19. The van der Waals surface area contributed by atoms with E-state index >= 15 is 0 Å². The quantitative estimate of drug-likeness (QED) is 0.841. The van der Waals surface area contributed by atoms with Gasteiger partial charge in [0.05, 0.1) is 0 Å². The predicted octanol–water partition coefficient (Wildman–Crippen LogP) is 1.43. The Bertz CT molecular complexity index is 376. The molecule has 1 aromatic rings. The van der Waals surface area contributed by atoms with Gasteiger partial charge in [-0.3, -0.25) is 0 Å². The van der Waals surface area contributed by atoms with E-state index in [0.717, 1.165) is 19.5 Å². The monoisotopic (exact) mass is 263 g/mol. The minimum atomic E-state index is 0.213. The van der Waals surface area contributed by atoms with Gasteiger partial charge in [0, 0.05) is 31.5 Å². The fraction of sp³-hybridized carbons (Fsp3) is 0.714. The van der Waals surface area contributed by atoms with E-state index in [1.807, 2.05) is 19.3 Å². The second-order valence-corrected chi connectivity index (χ2v) is 5.63. The number of aromatic nitrogens is 2. The van der Waals surface area contributed by atoms with E-state index in [1.165, 1.54) is 24.9 Å². The molecule has 5 nitrogen and oxygen atoms in total. The van der Waals surface area contributed by atoms with Crippen molar-refractivity contribution in [3.63, 3.8) is 0 Å². The summed E-state index contributed by atoms with van der Waals surface area (Å²) >= 11 is 0. The molecule has 2 atom stereocenters. The summed E-state index contributed by atoms with van der Waals surface area (Å²) in [6, 6.07) is 0.213. The van der Waals surface area contributed by atoms with Crippen molar-refractivity contribution in [2.24, 2.45) is 5.73 Å². The molecular formula is C14H25N5. The topological polar surface area (TPSA) is 67.1 Å². The van der Waals surface area contributed by atoms with Crippen molar-refractivity contribution >= 4 is 5.95 Å². The average molecular weight is 263 g/mol. The number of nitrogens with zero attached hydrogens (tertiary/aromatic N) is 3. The lowest BCUT2D eigenvalue weighted by Crippen LogP contribution is -2.30. The number of likely N-dealkylation sites (N-methyl/N-ethyl adjacent to an activating group) is 1. The number of likely N-dealkylation sites (tertiary alicyclic amines) is 1. The molecule has 0 aliphatic carbocycles. The van der Waals surface area contributed by atoms with Gasteiger partial charge in [0.1, 0.15) is 0 Å². The molecule has 2 heterocycles. The van der Waals surface area contributed by atoms with Crippen molar-refractivity contribution in [1.29, 1.82) is 0 Å². The zero-order valence-corrected chi connectivity index (χ0v) is 12.0. The Hall–Kier alpha value is -1.20. The molecule has 19 heavy (non-hydrogen) atoms. The Labute approximate surface area is 115 Å². The molecule has 1 aromatic heterocycles. The van der Waals surface area contributed by atoms with Crippen molar-refractivity contribution in [1.82, 2.24) is 14.9 Å².